The van der Waals surface area contributed by atoms with Crippen molar-refractivity contribution in [2.24, 2.45) is 16.8 Å². The summed E-state index contributed by atoms with van der Waals surface area (Å²) in [7, 11) is 6.20. The molecule has 0 aromatic heterocycles. The van der Waals surface area contributed by atoms with E-state index in [4.69, 9.17) is 4.74 Å². The predicted molar refractivity (Wildman–Crippen MR) is 128 cm³/mol. The van der Waals surface area contributed by atoms with Crippen molar-refractivity contribution in [3.05, 3.63) is 35.4 Å². The molecule has 28 heavy (non-hydrogen) atoms. The van der Waals surface area contributed by atoms with Crippen molar-refractivity contribution < 1.29 is 4.74 Å². The SMILES string of the molecule is CN=C(NCC1CCCOC1c1ccc(C)cc1)NCC(C1CC1)N(C)C.I. The van der Waals surface area contributed by atoms with Gasteiger partial charge in [0.25, 0.3) is 0 Å². The molecule has 2 N–H and O–H groups in total. The molecule has 2 aliphatic rings. The van der Waals surface area contributed by atoms with Crippen molar-refractivity contribution in [2.75, 3.05) is 40.8 Å². The van der Waals surface area contributed by atoms with E-state index in [9.17, 15) is 0 Å². The zero-order valence-corrected chi connectivity index (χ0v) is 20.1. The number of ether oxygens (including phenoxy) is 1. The number of aryl methyl sites for hydroxylation is 1. The van der Waals surface area contributed by atoms with Crippen LogP contribution in [0.4, 0.5) is 0 Å². The standard InChI is InChI=1S/C22H36N4O.HI/c1-16-7-9-18(10-8-16)21-19(6-5-13-27-21)14-24-22(23-2)25-15-20(26(3)4)17-11-12-17;/h7-10,17,19-21H,5-6,11-15H2,1-4H3,(H2,23,24,25);1H. The maximum absolute atomic E-state index is 6.14. The lowest BCUT2D eigenvalue weighted by atomic mass is 9.89. The smallest absolute Gasteiger partial charge is 0.191 e. The van der Waals surface area contributed by atoms with Gasteiger partial charge in [-0.2, -0.15) is 0 Å². The Balaban J connectivity index is 0.00000280. The number of hydrogen-bond acceptors (Lipinski definition) is 3. The highest BCUT2D eigenvalue weighted by Crippen LogP contribution is 2.34. The number of rotatable bonds is 7. The molecule has 158 valence electrons. The number of hydrogen-bond donors (Lipinski definition) is 2. The van der Waals surface area contributed by atoms with Crippen LogP contribution in [0, 0.1) is 18.8 Å². The molecule has 1 saturated heterocycles. The number of likely N-dealkylation sites (N-methyl/N-ethyl adjacent to an activating group) is 1. The molecular weight excluding hydrogens is 463 g/mol. The third-order valence-corrected chi connectivity index (χ3v) is 5.91. The van der Waals surface area contributed by atoms with Gasteiger partial charge in [0, 0.05) is 38.7 Å². The van der Waals surface area contributed by atoms with Crippen LogP contribution >= 0.6 is 24.0 Å². The minimum Gasteiger partial charge on any atom is -0.373 e. The van der Waals surface area contributed by atoms with E-state index in [1.165, 1.54) is 30.4 Å². The number of benzene rings is 1. The Hall–Kier alpha value is -0.860. The fourth-order valence-corrected chi connectivity index (χ4v) is 4.08. The number of guanidine groups is 1. The van der Waals surface area contributed by atoms with Gasteiger partial charge in [0.15, 0.2) is 5.96 Å². The molecule has 1 aromatic carbocycles. The van der Waals surface area contributed by atoms with E-state index >= 15 is 0 Å². The van der Waals surface area contributed by atoms with Crippen LogP contribution in [-0.4, -0.2) is 57.7 Å². The Kier molecular flexibility index (Phi) is 9.50. The number of nitrogens with one attached hydrogen (secondary N) is 2. The van der Waals surface area contributed by atoms with E-state index in [0.717, 1.165) is 38.0 Å². The van der Waals surface area contributed by atoms with Crippen molar-refractivity contribution in [3.8, 4) is 0 Å². The largest absolute Gasteiger partial charge is 0.373 e. The second-order valence-electron chi connectivity index (χ2n) is 8.31. The first-order valence-electron chi connectivity index (χ1n) is 10.4. The average Bonchev–Trinajstić information content (AvgIpc) is 3.50. The molecule has 1 saturated carbocycles. The van der Waals surface area contributed by atoms with E-state index < -0.39 is 0 Å². The fourth-order valence-electron chi connectivity index (χ4n) is 4.08. The van der Waals surface area contributed by atoms with Gasteiger partial charge in [-0.15, -0.1) is 24.0 Å². The van der Waals surface area contributed by atoms with Crippen LogP contribution in [0.1, 0.15) is 42.9 Å². The summed E-state index contributed by atoms with van der Waals surface area (Å²) in [6, 6.07) is 9.36. The average molecular weight is 500 g/mol. The molecule has 1 aromatic rings. The lowest BCUT2D eigenvalue weighted by molar-refractivity contribution is -0.0265. The molecule has 3 unspecified atom stereocenters. The van der Waals surface area contributed by atoms with E-state index in [2.05, 4.69) is 65.8 Å². The number of nitrogens with zero attached hydrogens (tertiary/aromatic N) is 2. The van der Waals surface area contributed by atoms with Crippen LogP contribution in [0.25, 0.3) is 0 Å². The molecule has 3 rings (SSSR count). The second kappa shape index (κ2) is 11.4. The zero-order chi connectivity index (χ0) is 19.2. The molecule has 1 aliphatic carbocycles. The molecule has 1 aliphatic heterocycles. The van der Waals surface area contributed by atoms with Crippen LogP contribution < -0.4 is 10.6 Å². The Morgan fingerprint density at radius 3 is 2.50 bits per heavy atom. The Bertz CT molecular complexity index is 613. The fraction of sp³-hybridized carbons (Fsp3) is 0.682. The lowest BCUT2D eigenvalue weighted by Gasteiger charge is -2.33. The van der Waals surface area contributed by atoms with Crippen molar-refractivity contribution in [2.45, 2.75) is 44.8 Å². The van der Waals surface area contributed by atoms with Crippen molar-refractivity contribution in [1.82, 2.24) is 15.5 Å². The second-order valence-corrected chi connectivity index (χ2v) is 8.31. The molecular formula is C22H37IN4O. The maximum atomic E-state index is 6.14. The van der Waals surface area contributed by atoms with Crippen LogP contribution in [0.15, 0.2) is 29.3 Å². The van der Waals surface area contributed by atoms with Crippen LogP contribution in [0.2, 0.25) is 0 Å². The highest BCUT2D eigenvalue weighted by molar-refractivity contribution is 14.0. The number of halogens is 1. The van der Waals surface area contributed by atoms with Gasteiger partial charge in [-0.1, -0.05) is 29.8 Å². The summed E-state index contributed by atoms with van der Waals surface area (Å²) in [5.74, 6) is 2.20. The first kappa shape index (κ1) is 23.4. The third-order valence-electron chi connectivity index (χ3n) is 5.91. The molecule has 3 atom stereocenters. The van der Waals surface area contributed by atoms with E-state index in [1.807, 2.05) is 7.05 Å². The van der Waals surface area contributed by atoms with Gasteiger partial charge in [-0.05, 0) is 58.2 Å². The van der Waals surface area contributed by atoms with Gasteiger partial charge in [0.2, 0.25) is 0 Å². The molecule has 5 nitrogen and oxygen atoms in total. The van der Waals surface area contributed by atoms with Gasteiger partial charge in [-0.25, -0.2) is 0 Å². The van der Waals surface area contributed by atoms with Gasteiger partial charge in [0.1, 0.15) is 0 Å². The van der Waals surface area contributed by atoms with E-state index in [0.29, 0.717) is 12.0 Å². The summed E-state index contributed by atoms with van der Waals surface area (Å²) >= 11 is 0. The molecule has 6 heteroatoms. The summed E-state index contributed by atoms with van der Waals surface area (Å²) in [6.45, 7) is 4.81. The molecule has 0 bridgehead atoms. The molecule has 0 spiro atoms. The van der Waals surface area contributed by atoms with Crippen LogP contribution in [0.3, 0.4) is 0 Å². The quantitative estimate of drug-likeness (QED) is 0.342. The van der Waals surface area contributed by atoms with Crippen LogP contribution in [0.5, 0.6) is 0 Å². The first-order chi connectivity index (χ1) is 13.1. The summed E-state index contributed by atoms with van der Waals surface area (Å²) in [5, 5.41) is 7.07. The Morgan fingerprint density at radius 1 is 1.18 bits per heavy atom. The topological polar surface area (TPSA) is 48.9 Å². The molecule has 1 heterocycles. The summed E-state index contributed by atoms with van der Waals surface area (Å²) in [4.78, 5) is 6.76. The van der Waals surface area contributed by atoms with Crippen molar-refractivity contribution in [3.63, 3.8) is 0 Å². The highest BCUT2D eigenvalue weighted by Gasteiger charge is 2.32. The van der Waals surface area contributed by atoms with Crippen molar-refractivity contribution >= 4 is 29.9 Å². The maximum Gasteiger partial charge on any atom is 0.191 e. The summed E-state index contributed by atoms with van der Waals surface area (Å²) in [5.41, 5.74) is 2.58. The van der Waals surface area contributed by atoms with Crippen LogP contribution in [-0.2, 0) is 4.74 Å². The van der Waals surface area contributed by atoms with E-state index in [1.54, 1.807) is 0 Å². The molecule has 0 amide bonds. The monoisotopic (exact) mass is 500 g/mol. The molecule has 0 radical (unpaired) electrons. The molecule has 2 fully saturated rings. The van der Waals surface area contributed by atoms with Gasteiger partial charge in [-0.3, -0.25) is 4.99 Å². The highest BCUT2D eigenvalue weighted by atomic mass is 127. The normalized spacial score (nSPS) is 23.8. The Morgan fingerprint density at radius 2 is 1.89 bits per heavy atom. The summed E-state index contributed by atoms with van der Waals surface area (Å²) < 4.78 is 6.14. The third kappa shape index (κ3) is 6.59. The predicted octanol–water partition coefficient (Wildman–Crippen LogP) is 3.59. The number of aliphatic imine (C=N–C) groups is 1. The van der Waals surface area contributed by atoms with E-state index in [-0.39, 0.29) is 30.1 Å². The van der Waals surface area contributed by atoms with Gasteiger partial charge >= 0.3 is 0 Å². The Labute approximate surface area is 187 Å². The minimum absolute atomic E-state index is 0. The van der Waals surface area contributed by atoms with Gasteiger partial charge in [0.05, 0.1) is 6.10 Å². The van der Waals surface area contributed by atoms with Crippen molar-refractivity contribution in [1.29, 1.82) is 0 Å². The summed E-state index contributed by atoms with van der Waals surface area (Å²) in [6.07, 6.45) is 5.20. The first-order valence-corrected chi connectivity index (χ1v) is 10.4. The lowest BCUT2D eigenvalue weighted by Crippen LogP contribution is -2.47. The zero-order valence-electron chi connectivity index (χ0n) is 17.8. The minimum atomic E-state index is 0. The van der Waals surface area contributed by atoms with Gasteiger partial charge < -0.3 is 20.3 Å².